The number of rotatable bonds is 7. The van der Waals surface area contributed by atoms with Gasteiger partial charge in [-0.25, -0.2) is 13.3 Å². The van der Waals surface area contributed by atoms with Crippen molar-refractivity contribution < 1.29 is 27.2 Å². The lowest BCUT2D eigenvalue weighted by molar-refractivity contribution is -0.274. The molecule has 0 bridgehead atoms. The summed E-state index contributed by atoms with van der Waals surface area (Å²) in [5, 5.41) is 10.9. The van der Waals surface area contributed by atoms with Gasteiger partial charge in [-0.15, -0.1) is 13.2 Å². The second-order valence-corrected chi connectivity index (χ2v) is 10.3. The fourth-order valence-corrected chi connectivity index (χ4v) is 5.56. The standard InChI is InChI=1S/C25H26F3N3O3S/c1-29-35(33,22-14-12-21(13-15-22)34-25(26,27)28)30-16-20(32)17-31-23-8-4-2-6-18(23)10-11-19-7-3-5-9-24(19)31/h2-9,12-15,20,32H,10-11,16-17H2,1H3,(H,29,30,33)/t20-,35-/m1/s1. The predicted molar refractivity (Wildman–Crippen MR) is 129 cm³/mol. The summed E-state index contributed by atoms with van der Waals surface area (Å²) in [5.74, 6) is -0.419. The van der Waals surface area contributed by atoms with Crippen LogP contribution in [0.15, 0.2) is 82.1 Å². The molecule has 1 aliphatic heterocycles. The minimum atomic E-state index is -4.81. The molecule has 0 aromatic heterocycles. The van der Waals surface area contributed by atoms with Crippen LogP contribution in [0, 0.1) is 0 Å². The van der Waals surface area contributed by atoms with Crippen LogP contribution in [0.1, 0.15) is 11.1 Å². The third kappa shape index (κ3) is 5.95. The minimum Gasteiger partial charge on any atom is -0.406 e. The summed E-state index contributed by atoms with van der Waals surface area (Å²) in [6.45, 7) is 0.205. The highest BCUT2D eigenvalue weighted by atomic mass is 32.2. The number of nitrogens with zero attached hydrogens (tertiary/aromatic N) is 2. The molecule has 0 spiro atoms. The van der Waals surface area contributed by atoms with Gasteiger partial charge in [-0.05, 0) is 60.4 Å². The number of β-amino-alcohol motifs (C(OH)–C–C–N with tert-alkyl or cyclic N) is 1. The van der Waals surface area contributed by atoms with Crippen molar-refractivity contribution in [3.8, 4) is 5.75 Å². The lowest BCUT2D eigenvalue weighted by atomic mass is 10.0. The van der Waals surface area contributed by atoms with Crippen molar-refractivity contribution >= 4 is 21.3 Å². The lowest BCUT2D eigenvalue weighted by Gasteiger charge is -2.29. The first-order valence-corrected chi connectivity index (χ1v) is 12.6. The van der Waals surface area contributed by atoms with Gasteiger partial charge in [0.05, 0.1) is 17.5 Å². The van der Waals surface area contributed by atoms with Crippen molar-refractivity contribution in [2.75, 3.05) is 25.0 Å². The van der Waals surface area contributed by atoms with E-state index in [9.17, 15) is 22.5 Å². The fraction of sp³-hybridized carbons (Fsp3) is 0.280. The van der Waals surface area contributed by atoms with Crippen LogP contribution in [0.2, 0.25) is 0 Å². The van der Waals surface area contributed by atoms with E-state index in [0.717, 1.165) is 36.3 Å². The Morgan fingerprint density at radius 1 is 1.00 bits per heavy atom. The molecule has 3 aromatic rings. The summed E-state index contributed by atoms with van der Waals surface area (Å²) in [7, 11) is -1.82. The van der Waals surface area contributed by atoms with Gasteiger partial charge in [0, 0.05) is 25.0 Å². The number of anilines is 2. The van der Waals surface area contributed by atoms with Crippen molar-refractivity contribution in [2.45, 2.75) is 30.2 Å². The molecule has 0 aliphatic carbocycles. The lowest BCUT2D eigenvalue weighted by Crippen LogP contribution is -2.38. The summed E-state index contributed by atoms with van der Waals surface area (Å²) in [4.78, 5) is 2.25. The number of halogens is 3. The molecule has 0 unspecified atom stereocenters. The fourth-order valence-electron chi connectivity index (χ4n) is 4.13. The largest absolute Gasteiger partial charge is 0.573 e. The smallest absolute Gasteiger partial charge is 0.406 e. The van der Waals surface area contributed by atoms with Gasteiger partial charge in [-0.2, -0.15) is 0 Å². The highest BCUT2D eigenvalue weighted by molar-refractivity contribution is 7.91. The monoisotopic (exact) mass is 505 g/mol. The summed E-state index contributed by atoms with van der Waals surface area (Å²) < 4.78 is 61.2. The zero-order valence-electron chi connectivity index (χ0n) is 19.0. The van der Waals surface area contributed by atoms with Gasteiger partial charge in [0.25, 0.3) is 0 Å². The van der Waals surface area contributed by atoms with E-state index in [1.165, 1.54) is 30.3 Å². The molecule has 0 fully saturated rings. The van der Waals surface area contributed by atoms with Crippen LogP contribution >= 0.6 is 0 Å². The first kappa shape index (κ1) is 25.0. The first-order valence-electron chi connectivity index (χ1n) is 11.1. The molecule has 0 saturated carbocycles. The van der Waals surface area contributed by atoms with Gasteiger partial charge in [0.15, 0.2) is 0 Å². The van der Waals surface area contributed by atoms with Gasteiger partial charge < -0.3 is 14.7 Å². The van der Waals surface area contributed by atoms with E-state index >= 15 is 0 Å². The number of alkyl halides is 3. The van der Waals surface area contributed by atoms with Crippen LogP contribution in [-0.4, -0.2) is 41.9 Å². The molecule has 1 heterocycles. The predicted octanol–water partition coefficient (Wildman–Crippen LogP) is 4.84. The molecule has 0 amide bonds. The van der Waals surface area contributed by atoms with Crippen molar-refractivity contribution in [2.24, 2.45) is 4.36 Å². The average Bonchev–Trinajstić information content (AvgIpc) is 2.99. The molecule has 0 saturated heterocycles. The Bertz CT molecular complexity index is 1240. The number of ether oxygens (including phenoxy) is 1. The van der Waals surface area contributed by atoms with E-state index in [1.807, 2.05) is 36.4 Å². The molecule has 186 valence electrons. The van der Waals surface area contributed by atoms with Gasteiger partial charge in [0.2, 0.25) is 0 Å². The molecule has 6 nitrogen and oxygen atoms in total. The number of hydrogen-bond acceptors (Lipinski definition) is 5. The maximum atomic E-state index is 13.3. The zero-order chi connectivity index (χ0) is 25.1. The number of fused-ring (bicyclic) bond motifs is 2. The molecule has 3 aromatic carbocycles. The van der Waals surface area contributed by atoms with Crippen molar-refractivity contribution in [3.05, 3.63) is 83.9 Å². The maximum absolute atomic E-state index is 13.3. The second-order valence-electron chi connectivity index (χ2n) is 8.10. The zero-order valence-corrected chi connectivity index (χ0v) is 19.9. The van der Waals surface area contributed by atoms with E-state index in [4.69, 9.17) is 0 Å². The number of aliphatic hydroxyl groups excluding tert-OH is 1. The Hall–Kier alpha value is -3.08. The second kappa shape index (κ2) is 10.3. The Kier molecular flexibility index (Phi) is 7.34. The highest BCUT2D eigenvalue weighted by Crippen LogP contribution is 2.36. The van der Waals surface area contributed by atoms with Gasteiger partial charge in [0.1, 0.15) is 15.7 Å². The Balaban J connectivity index is 1.50. The molecule has 2 N–H and O–H groups in total. The number of aryl methyl sites for hydroxylation is 2. The van der Waals surface area contributed by atoms with Crippen LogP contribution in [0.5, 0.6) is 5.75 Å². The summed E-state index contributed by atoms with van der Waals surface area (Å²) in [6.07, 6.45) is -3.96. The molecular weight excluding hydrogens is 479 g/mol. The van der Waals surface area contributed by atoms with Gasteiger partial charge >= 0.3 is 6.36 Å². The van der Waals surface area contributed by atoms with Crippen molar-refractivity contribution in [3.63, 3.8) is 0 Å². The summed E-state index contributed by atoms with van der Waals surface area (Å²) in [5.41, 5.74) is 4.38. The Labute approximate surface area is 202 Å². The normalized spacial score (nSPS) is 15.9. The molecule has 0 radical (unpaired) electrons. The first-order chi connectivity index (χ1) is 16.7. The molecule has 35 heavy (non-hydrogen) atoms. The van der Waals surface area contributed by atoms with Crippen LogP contribution in [0.25, 0.3) is 0 Å². The van der Waals surface area contributed by atoms with Crippen LogP contribution in [-0.2, 0) is 22.8 Å². The molecule has 10 heteroatoms. The number of benzene rings is 3. The number of nitrogens with one attached hydrogen (secondary N) is 1. The third-order valence-corrected chi connectivity index (χ3v) is 7.75. The Morgan fingerprint density at radius 3 is 2.06 bits per heavy atom. The van der Waals surface area contributed by atoms with E-state index < -0.39 is 28.1 Å². The molecule has 2 atom stereocenters. The Morgan fingerprint density at radius 2 is 1.54 bits per heavy atom. The summed E-state index contributed by atoms with van der Waals surface area (Å²) in [6, 6.07) is 20.8. The van der Waals surface area contributed by atoms with Gasteiger partial charge in [-0.1, -0.05) is 36.4 Å². The summed E-state index contributed by atoms with van der Waals surface area (Å²) >= 11 is 0. The van der Waals surface area contributed by atoms with E-state index in [-0.39, 0.29) is 18.0 Å². The van der Waals surface area contributed by atoms with Crippen LogP contribution in [0.3, 0.4) is 0 Å². The molecule has 1 aliphatic rings. The topological polar surface area (TPSA) is 74.2 Å². The maximum Gasteiger partial charge on any atom is 0.573 e. The van der Waals surface area contributed by atoms with E-state index in [1.54, 1.807) is 0 Å². The van der Waals surface area contributed by atoms with Crippen molar-refractivity contribution in [1.82, 2.24) is 4.72 Å². The number of hydrogen-bond donors (Lipinski definition) is 2. The third-order valence-electron chi connectivity index (χ3n) is 5.77. The number of aliphatic hydroxyl groups is 1. The molecule has 4 rings (SSSR count). The number of para-hydroxylation sites is 2. The van der Waals surface area contributed by atoms with E-state index in [0.29, 0.717) is 0 Å². The SMILES string of the molecule is CN=[S@@](=O)(NC[C@@H](O)CN1c2ccccc2CCc2ccccc21)c1ccc(OC(F)(F)F)cc1. The quantitative estimate of drug-likeness (QED) is 0.482. The average molecular weight is 506 g/mol. The van der Waals surface area contributed by atoms with Crippen LogP contribution < -0.4 is 14.4 Å². The molecular formula is C25H26F3N3O3S. The van der Waals surface area contributed by atoms with Crippen LogP contribution in [0.4, 0.5) is 24.5 Å². The van der Waals surface area contributed by atoms with E-state index in [2.05, 4.69) is 30.9 Å². The van der Waals surface area contributed by atoms with Gasteiger partial charge in [-0.3, -0.25) is 0 Å². The highest BCUT2D eigenvalue weighted by Gasteiger charge is 2.31. The van der Waals surface area contributed by atoms with Crippen molar-refractivity contribution in [1.29, 1.82) is 0 Å². The minimum absolute atomic E-state index is 0.0438.